The van der Waals surface area contributed by atoms with E-state index in [4.69, 9.17) is 9.72 Å². The number of imidazole rings is 1. The van der Waals surface area contributed by atoms with Crippen molar-refractivity contribution in [1.29, 1.82) is 0 Å². The molecule has 1 fully saturated rings. The van der Waals surface area contributed by atoms with Gasteiger partial charge < -0.3 is 9.30 Å². The van der Waals surface area contributed by atoms with E-state index in [1.807, 2.05) is 29.7 Å². The Morgan fingerprint density at radius 3 is 2.53 bits per heavy atom. The van der Waals surface area contributed by atoms with Crippen LogP contribution in [0, 0.1) is 0 Å². The maximum atomic E-state index is 12.6. The van der Waals surface area contributed by atoms with E-state index in [0.29, 0.717) is 37.4 Å². The number of benzene rings is 1. The van der Waals surface area contributed by atoms with E-state index in [2.05, 4.69) is 28.9 Å². The highest BCUT2D eigenvalue weighted by atomic mass is 16.5. The van der Waals surface area contributed by atoms with E-state index in [0.717, 1.165) is 44.6 Å². The smallest absolute Gasteiger partial charge is 0.330 e. The molecule has 2 aromatic heterocycles. The third-order valence-electron chi connectivity index (χ3n) is 6.24. The van der Waals surface area contributed by atoms with E-state index in [-0.39, 0.29) is 17.4 Å². The van der Waals surface area contributed by atoms with Crippen molar-refractivity contribution in [3.05, 3.63) is 62.6 Å². The van der Waals surface area contributed by atoms with Gasteiger partial charge in [0.15, 0.2) is 11.2 Å². The normalized spacial score (nSPS) is 15.6. The molecule has 0 bridgehead atoms. The van der Waals surface area contributed by atoms with Gasteiger partial charge in [0.25, 0.3) is 5.56 Å². The second-order valence-electron chi connectivity index (χ2n) is 8.48. The molecule has 32 heavy (non-hydrogen) atoms. The molecule has 1 aliphatic heterocycles. The van der Waals surface area contributed by atoms with E-state index >= 15 is 0 Å². The summed E-state index contributed by atoms with van der Waals surface area (Å²) in [6, 6.07) is 10.3. The Balaban J connectivity index is 1.46. The Morgan fingerprint density at radius 2 is 1.84 bits per heavy atom. The predicted octanol–water partition coefficient (Wildman–Crippen LogP) is 2.89. The molecule has 1 aliphatic rings. The molecule has 8 heteroatoms. The van der Waals surface area contributed by atoms with Crippen LogP contribution in [0.25, 0.3) is 11.2 Å². The first kappa shape index (κ1) is 22.5. The highest BCUT2D eigenvalue weighted by Gasteiger charge is 2.23. The van der Waals surface area contributed by atoms with E-state index in [1.54, 1.807) is 4.57 Å². The predicted molar refractivity (Wildman–Crippen MR) is 125 cm³/mol. The van der Waals surface area contributed by atoms with Gasteiger partial charge in [0.1, 0.15) is 5.82 Å². The van der Waals surface area contributed by atoms with Gasteiger partial charge >= 0.3 is 5.69 Å². The minimum Gasteiger partial charge on any atom is -0.373 e. The van der Waals surface area contributed by atoms with E-state index in [1.165, 1.54) is 5.56 Å². The number of nitrogens with zero attached hydrogens (tertiary/aromatic N) is 4. The number of hydrogen-bond donors (Lipinski definition) is 1. The number of aromatic nitrogens is 4. The molecule has 172 valence electrons. The largest absolute Gasteiger partial charge is 0.373 e. The first-order valence-corrected chi connectivity index (χ1v) is 11.7. The Hall–Kier alpha value is -2.71. The Morgan fingerprint density at radius 1 is 1.09 bits per heavy atom. The highest BCUT2D eigenvalue weighted by molar-refractivity contribution is 5.71. The van der Waals surface area contributed by atoms with Crippen LogP contribution in [0.1, 0.15) is 50.9 Å². The minimum atomic E-state index is -0.375. The molecular weight excluding hydrogens is 406 g/mol. The first-order chi connectivity index (χ1) is 15.6. The van der Waals surface area contributed by atoms with Crippen molar-refractivity contribution in [2.24, 2.45) is 0 Å². The van der Waals surface area contributed by atoms with Crippen molar-refractivity contribution >= 4 is 11.2 Å². The maximum Gasteiger partial charge on any atom is 0.330 e. The second-order valence-corrected chi connectivity index (χ2v) is 8.48. The molecule has 0 amide bonds. The van der Waals surface area contributed by atoms with Crippen molar-refractivity contribution in [1.82, 2.24) is 24.0 Å². The summed E-state index contributed by atoms with van der Waals surface area (Å²) < 4.78 is 9.67. The monoisotopic (exact) mass is 439 g/mol. The van der Waals surface area contributed by atoms with Crippen LogP contribution in [-0.4, -0.2) is 43.2 Å². The molecule has 0 radical (unpaired) electrons. The van der Waals surface area contributed by atoms with Gasteiger partial charge in [-0.2, -0.15) is 0 Å². The molecule has 3 heterocycles. The lowest BCUT2D eigenvalue weighted by Crippen LogP contribution is -2.37. The average molecular weight is 440 g/mol. The van der Waals surface area contributed by atoms with Crippen molar-refractivity contribution in [2.75, 3.05) is 13.1 Å². The number of aryl methyl sites for hydroxylation is 2. The third-order valence-corrected chi connectivity index (χ3v) is 6.24. The number of piperidine rings is 1. The molecule has 1 aromatic carbocycles. The fourth-order valence-electron chi connectivity index (χ4n) is 4.42. The number of likely N-dealkylation sites (tertiary alicyclic amines) is 1. The lowest BCUT2D eigenvalue weighted by molar-refractivity contribution is -0.00450. The van der Waals surface area contributed by atoms with Gasteiger partial charge in [0.05, 0.1) is 19.3 Å². The Kier molecular flexibility index (Phi) is 7.22. The molecule has 0 unspecified atom stereocenters. The zero-order valence-corrected chi connectivity index (χ0v) is 19.0. The quantitative estimate of drug-likeness (QED) is 0.554. The van der Waals surface area contributed by atoms with Gasteiger partial charge in [-0.05, 0) is 31.7 Å². The molecular formula is C24H33N5O3. The fourth-order valence-corrected chi connectivity index (χ4v) is 4.42. The molecule has 0 saturated carbocycles. The summed E-state index contributed by atoms with van der Waals surface area (Å²) >= 11 is 0. The molecule has 1 N–H and O–H groups in total. The maximum absolute atomic E-state index is 12.6. The number of unbranched alkanes of at least 4 members (excludes halogenated alkanes) is 1. The highest BCUT2D eigenvalue weighted by Crippen LogP contribution is 2.19. The molecule has 0 atom stereocenters. The summed E-state index contributed by atoms with van der Waals surface area (Å²) in [6.45, 7) is 8.44. The lowest BCUT2D eigenvalue weighted by atomic mass is 10.1. The van der Waals surface area contributed by atoms with Crippen LogP contribution < -0.4 is 11.2 Å². The summed E-state index contributed by atoms with van der Waals surface area (Å²) in [7, 11) is 0. The Bertz CT molecular complexity index is 1140. The van der Waals surface area contributed by atoms with Crippen LogP contribution in [0.4, 0.5) is 0 Å². The third kappa shape index (κ3) is 4.86. The van der Waals surface area contributed by atoms with Crippen molar-refractivity contribution in [3.8, 4) is 0 Å². The SMILES string of the molecule is CCCCn1c(=O)[nH]c(=O)c2c1nc(CN1CCC(OCc3ccccc3)CC1)n2CC. The van der Waals surface area contributed by atoms with Gasteiger partial charge in [0.2, 0.25) is 0 Å². The summed E-state index contributed by atoms with van der Waals surface area (Å²) in [5.74, 6) is 0.840. The number of hydrogen-bond acceptors (Lipinski definition) is 5. The zero-order chi connectivity index (χ0) is 22.5. The minimum absolute atomic E-state index is 0.263. The van der Waals surface area contributed by atoms with Crippen LogP contribution in [0.5, 0.6) is 0 Å². The van der Waals surface area contributed by atoms with Crippen molar-refractivity contribution in [3.63, 3.8) is 0 Å². The van der Waals surface area contributed by atoms with Crippen molar-refractivity contribution in [2.45, 2.75) is 71.9 Å². The van der Waals surface area contributed by atoms with Crippen molar-refractivity contribution < 1.29 is 4.74 Å². The van der Waals surface area contributed by atoms with Gasteiger partial charge in [0, 0.05) is 26.2 Å². The molecule has 4 rings (SSSR count). The number of rotatable bonds is 9. The van der Waals surface area contributed by atoms with Gasteiger partial charge in [-0.15, -0.1) is 0 Å². The van der Waals surface area contributed by atoms with Gasteiger partial charge in [-0.1, -0.05) is 43.7 Å². The average Bonchev–Trinajstić information content (AvgIpc) is 3.17. The summed E-state index contributed by atoms with van der Waals surface area (Å²) in [4.78, 5) is 34.6. The number of ether oxygens (including phenoxy) is 1. The standard InChI is InChI=1S/C24H33N5O3/c1-3-5-13-29-22-21(23(30)26-24(29)31)28(4-2)20(25-22)16-27-14-11-19(12-15-27)32-17-18-9-7-6-8-10-18/h6-10,19H,3-5,11-17H2,1-2H3,(H,26,30,31). The summed E-state index contributed by atoms with van der Waals surface area (Å²) in [5.41, 5.74) is 1.47. The van der Waals surface area contributed by atoms with Gasteiger partial charge in [-0.3, -0.25) is 19.2 Å². The van der Waals surface area contributed by atoms with Crippen LogP contribution in [0.15, 0.2) is 39.9 Å². The number of nitrogens with one attached hydrogen (secondary N) is 1. The van der Waals surface area contributed by atoms with Crippen LogP contribution in [0.2, 0.25) is 0 Å². The fraction of sp³-hybridized carbons (Fsp3) is 0.542. The molecule has 1 saturated heterocycles. The Labute approximate surface area is 187 Å². The lowest BCUT2D eigenvalue weighted by Gasteiger charge is -2.31. The molecule has 8 nitrogen and oxygen atoms in total. The van der Waals surface area contributed by atoms with E-state index < -0.39 is 0 Å². The zero-order valence-electron chi connectivity index (χ0n) is 19.0. The summed E-state index contributed by atoms with van der Waals surface area (Å²) in [6.07, 6.45) is 4.04. The number of aromatic amines is 1. The first-order valence-electron chi connectivity index (χ1n) is 11.7. The van der Waals surface area contributed by atoms with Crippen LogP contribution in [-0.2, 0) is 31.0 Å². The summed E-state index contributed by atoms with van der Waals surface area (Å²) in [5, 5.41) is 0. The number of fused-ring (bicyclic) bond motifs is 1. The van der Waals surface area contributed by atoms with Gasteiger partial charge in [-0.25, -0.2) is 9.78 Å². The molecule has 3 aromatic rings. The number of H-pyrrole nitrogens is 1. The molecule has 0 spiro atoms. The van der Waals surface area contributed by atoms with Crippen LogP contribution >= 0.6 is 0 Å². The second kappa shape index (κ2) is 10.3. The topological polar surface area (TPSA) is 85.2 Å². The van der Waals surface area contributed by atoms with E-state index in [9.17, 15) is 9.59 Å². The van der Waals surface area contributed by atoms with Crippen LogP contribution in [0.3, 0.4) is 0 Å². The molecule has 0 aliphatic carbocycles.